The van der Waals surface area contributed by atoms with Crippen molar-refractivity contribution in [2.75, 3.05) is 6.61 Å². The van der Waals surface area contributed by atoms with Gasteiger partial charge in [-0.25, -0.2) is 0 Å². The molecule has 3 atom stereocenters. The number of amides is 1. The molecule has 0 radical (unpaired) electrons. The van der Waals surface area contributed by atoms with E-state index in [4.69, 9.17) is 4.74 Å². The van der Waals surface area contributed by atoms with Crippen LogP contribution in [-0.2, 0) is 4.79 Å². The van der Waals surface area contributed by atoms with Gasteiger partial charge in [-0.05, 0) is 61.8 Å². The normalized spacial score (nSPS) is 23.7. The van der Waals surface area contributed by atoms with Gasteiger partial charge in [-0.3, -0.25) is 4.79 Å². The van der Waals surface area contributed by atoms with Gasteiger partial charge in [-0.1, -0.05) is 42.5 Å². The molecule has 4 nitrogen and oxygen atoms in total. The quantitative estimate of drug-likeness (QED) is 0.694. The highest BCUT2D eigenvalue weighted by Crippen LogP contribution is 2.33. The molecule has 2 saturated heterocycles. The lowest BCUT2D eigenvalue weighted by atomic mass is 9.89. The van der Waals surface area contributed by atoms with Crippen molar-refractivity contribution >= 4 is 18.3 Å². The molecule has 0 saturated carbocycles. The summed E-state index contributed by atoms with van der Waals surface area (Å²) < 4.78 is 5.56. The van der Waals surface area contributed by atoms with Crippen LogP contribution in [0.5, 0.6) is 5.75 Å². The largest absolute Gasteiger partial charge is 0.494 e. The predicted molar refractivity (Wildman–Crippen MR) is 119 cm³/mol. The number of piperidine rings is 1. The standard InChI is InChI=1S/C24H30N2O2.ClH/c1-2-28-22-12-8-19(9-13-22)24(18-6-4-3-5-7-18)26-23(27)16-17-14-20-10-11-21(15-17)25-20;/h3-9,12-13,17,20-21,24-25H,2,10-11,14-16H2,1H3,(H,26,27);1H. The van der Waals surface area contributed by atoms with Crippen molar-refractivity contribution in [2.45, 2.75) is 57.2 Å². The van der Waals surface area contributed by atoms with E-state index >= 15 is 0 Å². The van der Waals surface area contributed by atoms with Crippen LogP contribution >= 0.6 is 12.4 Å². The lowest BCUT2D eigenvalue weighted by Gasteiger charge is -2.29. The molecule has 2 N–H and O–H groups in total. The Morgan fingerprint density at radius 3 is 2.28 bits per heavy atom. The Bertz CT molecular complexity index is 769. The first-order chi connectivity index (χ1) is 13.7. The summed E-state index contributed by atoms with van der Waals surface area (Å²) in [5, 5.41) is 6.96. The zero-order valence-corrected chi connectivity index (χ0v) is 17.8. The Balaban J connectivity index is 0.00000240. The van der Waals surface area contributed by atoms with Gasteiger partial charge in [0.15, 0.2) is 0 Å². The number of carbonyl (C=O) groups excluding carboxylic acids is 1. The number of benzene rings is 2. The number of carbonyl (C=O) groups is 1. The Labute approximate surface area is 179 Å². The monoisotopic (exact) mass is 414 g/mol. The van der Waals surface area contributed by atoms with Crippen LogP contribution in [0.2, 0.25) is 0 Å². The summed E-state index contributed by atoms with van der Waals surface area (Å²) in [7, 11) is 0. The molecule has 0 spiro atoms. The van der Waals surface area contributed by atoms with E-state index in [1.54, 1.807) is 0 Å². The minimum Gasteiger partial charge on any atom is -0.494 e. The first kappa shape index (κ1) is 21.7. The van der Waals surface area contributed by atoms with Crippen LogP contribution in [0, 0.1) is 5.92 Å². The Hall–Kier alpha value is -2.04. The fourth-order valence-corrected chi connectivity index (χ4v) is 4.75. The van der Waals surface area contributed by atoms with E-state index in [1.165, 1.54) is 12.8 Å². The third-order valence-electron chi connectivity index (χ3n) is 6.01. The fourth-order valence-electron chi connectivity index (χ4n) is 4.75. The molecule has 2 heterocycles. The smallest absolute Gasteiger partial charge is 0.221 e. The van der Waals surface area contributed by atoms with Crippen LogP contribution in [0.3, 0.4) is 0 Å². The van der Waals surface area contributed by atoms with Gasteiger partial charge in [0.1, 0.15) is 5.75 Å². The molecule has 29 heavy (non-hydrogen) atoms. The van der Waals surface area contributed by atoms with Crippen molar-refractivity contribution in [3.63, 3.8) is 0 Å². The lowest BCUT2D eigenvalue weighted by molar-refractivity contribution is -0.122. The van der Waals surface area contributed by atoms with Crippen molar-refractivity contribution in [1.29, 1.82) is 0 Å². The molecule has 3 unspecified atom stereocenters. The summed E-state index contributed by atoms with van der Waals surface area (Å²) in [5.74, 6) is 1.50. The predicted octanol–water partition coefficient (Wildman–Crippen LogP) is 4.63. The number of rotatable bonds is 7. The highest BCUT2D eigenvalue weighted by molar-refractivity contribution is 5.85. The van der Waals surface area contributed by atoms with Crippen molar-refractivity contribution in [2.24, 2.45) is 5.92 Å². The van der Waals surface area contributed by atoms with Gasteiger partial charge in [0, 0.05) is 18.5 Å². The highest BCUT2D eigenvalue weighted by Gasteiger charge is 2.34. The van der Waals surface area contributed by atoms with Gasteiger partial charge in [0.2, 0.25) is 5.91 Å². The summed E-state index contributed by atoms with van der Waals surface area (Å²) in [4.78, 5) is 12.9. The van der Waals surface area contributed by atoms with Crippen molar-refractivity contribution in [3.05, 3.63) is 65.7 Å². The molecule has 0 aromatic heterocycles. The summed E-state index contributed by atoms with van der Waals surface area (Å²) in [5.41, 5.74) is 2.18. The summed E-state index contributed by atoms with van der Waals surface area (Å²) >= 11 is 0. The molecular weight excluding hydrogens is 384 g/mol. The zero-order chi connectivity index (χ0) is 19.3. The number of fused-ring (bicyclic) bond motifs is 2. The first-order valence-electron chi connectivity index (χ1n) is 10.5. The van der Waals surface area contributed by atoms with Gasteiger partial charge >= 0.3 is 0 Å². The van der Waals surface area contributed by atoms with Crippen molar-refractivity contribution in [1.82, 2.24) is 10.6 Å². The van der Waals surface area contributed by atoms with Crippen molar-refractivity contribution in [3.8, 4) is 5.75 Å². The summed E-state index contributed by atoms with van der Waals surface area (Å²) in [6.45, 7) is 2.63. The lowest BCUT2D eigenvalue weighted by Crippen LogP contribution is -2.40. The van der Waals surface area contributed by atoms with Crippen LogP contribution in [0.4, 0.5) is 0 Å². The van der Waals surface area contributed by atoms with Gasteiger partial charge in [0.05, 0.1) is 12.6 Å². The van der Waals surface area contributed by atoms with Crippen LogP contribution in [0.15, 0.2) is 54.6 Å². The van der Waals surface area contributed by atoms with Crippen LogP contribution < -0.4 is 15.4 Å². The topological polar surface area (TPSA) is 50.4 Å². The highest BCUT2D eigenvalue weighted by atomic mass is 35.5. The average molecular weight is 415 g/mol. The second-order valence-corrected chi connectivity index (χ2v) is 8.09. The SMILES string of the molecule is CCOc1ccc(C(NC(=O)CC2CC3CCC(C2)N3)c2ccccc2)cc1.Cl. The maximum Gasteiger partial charge on any atom is 0.221 e. The average Bonchev–Trinajstić information content (AvgIpc) is 3.06. The maximum absolute atomic E-state index is 12.9. The van der Waals surface area contributed by atoms with E-state index in [1.807, 2.05) is 49.4 Å². The van der Waals surface area contributed by atoms with Crippen molar-refractivity contribution < 1.29 is 9.53 Å². The molecule has 2 aromatic rings. The molecule has 0 aliphatic carbocycles. The number of hydrogen-bond acceptors (Lipinski definition) is 3. The van der Waals surface area contributed by atoms with Gasteiger partial charge in [-0.2, -0.15) is 0 Å². The first-order valence-corrected chi connectivity index (χ1v) is 10.5. The minimum absolute atomic E-state index is 0. The Morgan fingerprint density at radius 1 is 1.03 bits per heavy atom. The molecule has 2 bridgehead atoms. The fraction of sp³-hybridized carbons (Fsp3) is 0.458. The summed E-state index contributed by atoms with van der Waals surface area (Å²) in [6.07, 6.45) is 5.41. The minimum atomic E-state index is -0.136. The van der Waals surface area contributed by atoms with Crippen LogP contribution in [-0.4, -0.2) is 24.6 Å². The van der Waals surface area contributed by atoms with Gasteiger partial charge in [-0.15, -0.1) is 12.4 Å². The molecular formula is C24H31ClN2O2. The Kier molecular flexibility index (Phi) is 7.57. The number of ether oxygens (including phenoxy) is 1. The molecule has 2 aliphatic rings. The zero-order valence-electron chi connectivity index (χ0n) is 17.0. The van der Waals surface area contributed by atoms with Gasteiger partial charge < -0.3 is 15.4 Å². The van der Waals surface area contributed by atoms with Crippen LogP contribution in [0.25, 0.3) is 0 Å². The summed E-state index contributed by atoms with van der Waals surface area (Å²) in [6, 6.07) is 19.4. The third kappa shape index (κ3) is 5.52. The van der Waals surface area contributed by atoms with Gasteiger partial charge in [0.25, 0.3) is 0 Å². The maximum atomic E-state index is 12.9. The van der Waals surface area contributed by atoms with E-state index < -0.39 is 0 Å². The molecule has 1 amide bonds. The molecule has 5 heteroatoms. The molecule has 2 aromatic carbocycles. The second kappa shape index (κ2) is 10.1. The number of halogens is 1. The molecule has 2 fully saturated rings. The van der Waals surface area contributed by atoms with E-state index in [0.29, 0.717) is 31.0 Å². The number of nitrogens with one attached hydrogen (secondary N) is 2. The molecule has 156 valence electrons. The third-order valence-corrected chi connectivity index (χ3v) is 6.01. The van der Waals surface area contributed by atoms with Crippen LogP contribution in [0.1, 0.15) is 56.2 Å². The van der Waals surface area contributed by atoms with E-state index in [2.05, 4.69) is 22.8 Å². The molecule has 4 rings (SSSR count). The second-order valence-electron chi connectivity index (χ2n) is 8.09. The molecule has 2 aliphatic heterocycles. The Morgan fingerprint density at radius 2 is 1.66 bits per heavy atom. The van der Waals surface area contributed by atoms with E-state index in [0.717, 1.165) is 29.7 Å². The van der Waals surface area contributed by atoms with E-state index in [-0.39, 0.29) is 24.4 Å². The van der Waals surface area contributed by atoms with E-state index in [9.17, 15) is 4.79 Å². The number of hydrogen-bond donors (Lipinski definition) is 2.